The second-order valence-electron chi connectivity index (χ2n) is 10.2. The minimum absolute atomic E-state index is 0.0107. The molecule has 0 aliphatic carbocycles. The Kier molecular flexibility index (Phi) is 10.1. The molecule has 3 rings (SSSR count). The number of hydrogen-bond acceptors (Lipinski definition) is 5. The first-order valence-electron chi connectivity index (χ1n) is 12.5. The number of sulfonamides is 1. The fourth-order valence-electron chi connectivity index (χ4n) is 3.90. The van der Waals surface area contributed by atoms with Crippen LogP contribution in [-0.4, -0.2) is 50.4 Å². The van der Waals surface area contributed by atoms with Gasteiger partial charge in [-0.1, -0.05) is 47.5 Å². The molecule has 0 aliphatic rings. The highest BCUT2D eigenvalue weighted by molar-refractivity contribution is 7.92. The summed E-state index contributed by atoms with van der Waals surface area (Å²) in [4.78, 5) is 28.4. The minimum Gasteiger partial charge on any atom is -0.497 e. The molecule has 1 N–H and O–H groups in total. The van der Waals surface area contributed by atoms with E-state index in [1.165, 1.54) is 42.3 Å². The summed E-state index contributed by atoms with van der Waals surface area (Å²) in [6.45, 7) is 6.49. The molecule has 0 saturated carbocycles. The molecule has 0 aromatic heterocycles. The fraction of sp³-hybridized carbons (Fsp3) is 0.310. The molecule has 0 aliphatic heterocycles. The van der Waals surface area contributed by atoms with Crippen LogP contribution in [0.4, 0.5) is 5.69 Å². The van der Waals surface area contributed by atoms with E-state index in [-0.39, 0.29) is 23.0 Å². The molecule has 3 aromatic rings. The number of halogens is 2. The predicted molar refractivity (Wildman–Crippen MR) is 158 cm³/mol. The van der Waals surface area contributed by atoms with E-state index < -0.39 is 34.1 Å². The quantitative estimate of drug-likeness (QED) is 0.328. The van der Waals surface area contributed by atoms with E-state index in [1.807, 2.05) is 20.8 Å². The predicted octanol–water partition coefficient (Wildman–Crippen LogP) is 5.53. The Hall–Kier alpha value is -3.27. The molecular weight excluding hydrogens is 573 g/mol. The molecule has 40 heavy (non-hydrogen) atoms. The van der Waals surface area contributed by atoms with E-state index in [9.17, 15) is 18.0 Å². The molecule has 11 heteroatoms. The lowest BCUT2D eigenvalue weighted by Gasteiger charge is -2.33. The Balaban J connectivity index is 2.05. The molecule has 0 spiro atoms. The smallest absolute Gasteiger partial charge is 0.264 e. The molecule has 0 bridgehead atoms. The Labute approximate surface area is 245 Å². The standard InChI is InChI=1S/C29H33Cl2N3O5S/c1-20(28(36)32-29(2,3)4)33(18-21-9-6-7-12-26(21)31)27(35)19-34(23-11-8-10-22(30)17-23)40(37,38)25-15-13-24(39-5)14-16-25/h6-17,20H,18-19H2,1-5H3,(H,32,36)/t20-/m0/s1. The number of anilines is 1. The summed E-state index contributed by atoms with van der Waals surface area (Å²) in [6.07, 6.45) is 0. The van der Waals surface area contributed by atoms with E-state index >= 15 is 0 Å². The Morgan fingerprint density at radius 3 is 2.20 bits per heavy atom. The van der Waals surface area contributed by atoms with Crippen LogP contribution in [0.25, 0.3) is 0 Å². The normalized spacial score (nSPS) is 12.4. The number of carbonyl (C=O) groups is 2. The number of ether oxygens (including phenoxy) is 1. The van der Waals surface area contributed by atoms with Gasteiger partial charge >= 0.3 is 0 Å². The zero-order valence-electron chi connectivity index (χ0n) is 23.0. The lowest BCUT2D eigenvalue weighted by atomic mass is 10.1. The van der Waals surface area contributed by atoms with Gasteiger partial charge < -0.3 is 15.0 Å². The Morgan fingerprint density at radius 2 is 1.62 bits per heavy atom. The summed E-state index contributed by atoms with van der Waals surface area (Å²) in [7, 11) is -2.76. The molecule has 8 nitrogen and oxygen atoms in total. The number of methoxy groups -OCH3 is 1. The number of nitrogens with zero attached hydrogens (tertiary/aromatic N) is 2. The largest absolute Gasteiger partial charge is 0.497 e. The Bertz CT molecular complexity index is 1460. The van der Waals surface area contributed by atoms with Gasteiger partial charge in [0.25, 0.3) is 10.0 Å². The van der Waals surface area contributed by atoms with Gasteiger partial charge in [-0.3, -0.25) is 13.9 Å². The van der Waals surface area contributed by atoms with Gasteiger partial charge in [0.05, 0.1) is 17.7 Å². The van der Waals surface area contributed by atoms with Gasteiger partial charge in [0.15, 0.2) is 0 Å². The number of carbonyl (C=O) groups excluding carboxylic acids is 2. The third-order valence-electron chi connectivity index (χ3n) is 5.99. The highest BCUT2D eigenvalue weighted by Gasteiger charge is 2.33. The Morgan fingerprint density at radius 1 is 0.975 bits per heavy atom. The van der Waals surface area contributed by atoms with Gasteiger partial charge in [-0.05, 0) is 81.8 Å². The summed E-state index contributed by atoms with van der Waals surface area (Å²) in [6, 6.07) is 18.1. The lowest BCUT2D eigenvalue weighted by molar-refractivity contribution is -0.140. The summed E-state index contributed by atoms with van der Waals surface area (Å²) in [5.41, 5.74) is 0.260. The third kappa shape index (κ3) is 7.90. The second-order valence-corrected chi connectivity index (χ2v) is 12.9. The van der Waals surface area contributed by atoms with Crippen molar-refractivity contribution in [3.05, 3.63) is 88.4 Å². The highest BCUT2D eigenvalue weighted by Crippen LogP contribution is 2.28. The molecule has 214 valence electrons. The summed E-state index contributed by atoms with van der Waals surface area (Å²) < 4.78 is 33.9. The van der Waals surface area contributed by atoms with E-state index in [0.717, 1.165) is 4.31 Å². The van der Waals surface area contributed by atoms with Crippen LogP contribution in [0.3, 0.4) is 0 Å². The van der Waals surface area contributed by atoms with Crippen molar-refractivity contribution in [2.24, 2.45) is 0 Å². The molecule has 0 unspecified atom stereocenters. The zero-order chi connectivity index (χ0) is 29.7. The van der Waals surface area contributed by atoms with Crippen molar-refractivity contribution in [2.75, 3.05) is 18.0 Å². The van der Waals surface area contributed by atoms with Crippen LogP contribution < -0.4 is 14.4 Å². The van der Waals surface area contributed by atoms with Crippen LogP contribution in [0.2, 0.25) is 10.0 Å². The molecule has 0 saturated heterocycles. The molecule has 0 radical (unpaired) electrons. The van der Waals surface area contributed by atoms with Gasteiger partial charge in [-0.15, -0.1) is 0 Å². The van der Waals surface area contributed by atoms with Crippen LogP contribution in [0.5, 0.6) is 5.75 Å². The van der Waals surface area contributed by atoms with Gasteiger partial charge in [-0.2, -0.15) is 0 Å². The molecule has 2 amide bonds. The van der Waals surface area contributed by atoms with E-state index in [2.05, 4.69) is 5.32 Å². The van der Waals surface area contributed by atoms with Crippen LogP contribution in [-0.2, 0) is 26.2 Å². The SMILES string of the molecule is COc1ccc(S(=O)(=O)N(CC(=O)N(Cc2ccccc2Cl)[C@@H](C)C(=O)NC(C)(C)C)c2cccc(Cl)c2)cc1. The third-order valence-corrected chi connectivity index (χ3v) is 8.38. The summed E-state index contributed by atoms with van der Waals surface area (Å²) in [5.74, 6) is -0.511. The van der Waals surface area contributed by atoms with Gasteiger partial charge in [0.2, 0.25) is 11.8 Å². The number of rotatable bonds is 10. The number of nitrogens with one attached hydrogen (secondary N) is 1. The van der Waals surface area contributed by atoms with Crippen molar-refractivity contribution in [2.45, 2.75) is 50.7 Å². The first kappa shape index (κ1) is 31.3. The zero-order valence-corrected chi connectivity index (χ0v) is 25.3. The van der Waals surface area contributed by atoms with Crippen molar-refractivity contribution < 1.29 is 22.7 Å². The van der Waals surface area contributed by atoms with Crippen molar-refractivity contribution in [1.82, 2.24) is 10.2 Å². The van der Waals surface area contributed by atoms with E-state index in [4.69, 9.17) is 27.9 Å². The molecular formula is C29H33Cl2N3O5S. The number of amides is 2. The van der Waals surface area contributed by atoms with Crippen LogP contribution in [0.1, 0.15) is 33.3 Å². The molecule has 0 heterocycles. The minimum atomic E-state index is -4.24. The molecule has 1 atom stereocenters. The average molecular weight is 607 g/mol. The van der Waals surface area contributed by atoms with Crippen LogP contribution in [0.15, 0.2) is 77.7 Å². The maximum absolute atomic E-state index is 14.0. The van der Waals surface area contributed by atoms with Gasteiger partial charge in [-0.25, -0.2) is 8.42 Å². The first-order valence-corrected chi connectivity index (χ1v) is 14.7. The van der Waals surface area contributed by atoms with E-state index in [0.29, 0.717) is 21.4 Å². The number of benzene rings is 3. The molecule has 0 fully saturated rings. The fourth-order valence-corrected chi connectivity index (χ4v) is 5.69. The summed E-state index contributed by atoms with van der Waals surface area (Å²) >= 11 is 12.6. The van der Waals surface area contributed by atoms with Crippen LogP contribution in [0, 0.1) is 0 Å². The molecule has 3 aromatic carbocycles. The number of hydrogen-bond donors (Lipinski definition) is 1. The maximum Gasteiger partial charge on any atom is 0.264 e. The van der Waals surface area contributed by atoms with Crippen molar-refractivity contribution in [3.63, 3.8) is 0 Å². The lowest BCUT2D eigenvalue weighted by Crippen LogP contribution is -2.54. The van der Waals surface area contributed by atoms with E-state index in [1.54, 1.807) is 49.4 Å². The summed E-state index contributed by atoms with van der Waals surface area (Å²) in [5, 5.41) is 3.60. The monoisotopic (exact) mass is 605 g/mol. The second kappa shape index (κ2) is 12.9. The maximum atomic E-state index is 14.0. The highest BCUT2D eigenvalue weighted by atomic mass is 35.5. The van der Waals surface area contributed by atoms with Crippen LogP contribution >= 0.6 is 23.2 Å². The first-order chi connectivity index (χ1) is 18.7. The van der Waals surface area contributed by atoms with Crippen molar-refractivity contribution in [3.8, 4) is 5.75 Å². The topological polar surface area (TPSA) is 96.0 Å². The van der Waals surface area contributed by atoms with Crippen molar-refractivity contribution in [1.29, 1.82) is 0 Å². The average Bonchev–Trinajstić information content (AvgIpc) is 2.89. The van der Waals surface area contributed by atoms with Gasteiger partial charge in [0.1, 0.15) is 18.3 Å². The van der Waals surface area contributed by atoms with Crippen molar-refractivity contribution >= 4 is 50.7 Å². The van der Waals surface area contributed by atoms with Gasteiger partial charge in [0, 0.05) is 22.1 Å².